The van der Waals surface area contributed by atoms with Crippen molar-refractivity contribution in [3.05, 3.63) is 48.3 Å². The summed E-state index contributed by atoms with van der Waals surface area (Å²) in [6.07, 6.45) is 5.14. The highest BCUT2D eigenvalue weighted by atomic mass is 16.4. The number of hydrogen-bond acceptors (Lipinski definition) is 3. The van der Waals surface area contributed by atoms with Crippen LogP contribution in [0.4, 0.5) is 0 Å². The fourth-order valence-corrected chi connectivity index (χ4v) is 2.39. The minimum absolute atomic E-state index is 0.367. The third-order valence-corrected chi connectivity index (χ3v) is 4.00. The van der Waals surface area contributed by atoms with Gasteiger partial charge in [-0.05, 0) is 43.0 Å². The Labute approximate surface area is 127 Å². The van der Waals surface area contributed by atoms with Crippen molar-refractivity contribution in [2.24, 2.45) is 5.41 Å². The molecule has 0 atom stereocenters. The number of nitrogens with one attached hydrogen (secondary N) is 1. The molecule has 0 aliphatic heterocycles. The van der Waals surface area contributed by atoms with E-state index in [0.29, 0.717) is 25.8 Å². The Bertz CT molecular complexity index is 673. The van der Waals surface area contributed by atoms with Gasteiger partial charge in [0.05, 0.1) is 5.69 Å². The maximum Gasteiger partial charge on any atom is 0.319 e. The molecule has 0 spiro atoms. The van der Waals surface area contributed by atoms with Crippen LogP contribution in [0, 0.1) is 5.41 Å². The van der Waals surface area contributed by atoms with Crippen molar-refractivity contribution in [2.75, 3.05) is 6.54 Å². The normalized spacial score (nSPS) is 15.3. The third-order valence-electron chi connectivity index (χ3n) is 4.00. The van der Waals surface area contributed by atoms with Crippen molar-refractivity contribution < 1.29 is 14.7 Å². The number of nitrogens with zero attached hydrogens (tertiary/aromatic N) is 2. The van der Waals surface area contributed by atoms with E-state index in [0.717, 1.165) is 11.3 Å². The zero-order valence-corrected chi connectivity index (χ0v) is 12.0. The monoisotopic (exact) mass is 299 g/mol. The van der Waals surface area contributed by atoms with Crippen LogP contribution in [0.15, 0.2) is 42.7 Å². The third kappa shape index (κ3) is 2.72. The second kappa shape index (κ2) is 5.63. The first-order valence-electron chi connectivity index (χ1n) is 7.22. The average Bonchev–Trinajstić information content (AvgIpc) is 3.17. The number of amides is 1. The molecule has 0 bridgehead atoms. The van der Waals surface area contributed by atoms with Gasteiger partial charge in [0.1, 0.15) is 5.41 Å². The number of rotatable bonds is 6. The van der Waals surface area contributed by atoms with E-state index in [4.69, 9.17) is 5.11 Å². The Morgan fingerprint density at radius 1 is 1.27 bits per heavy atom. The van der Waals surface area contributed by atoms with Crippen LogP contribution >= 0.6 is 0 Å². The number of benzene rings is 1. The summed E-state index contributed by atoms with van der Waals surface area (Å²) in [7, 11) is 0. The Kier molecular flexibility index (Phi) is 3.66. The SMILES string of the molecule is O=C(O)C1(C(=O)NCCc2ccc(-n3cccn3)cc2)CC1. The molecule has 2 N–H and O–H groups in total. The lowest BCUT2D eigenvalue weighted by molar-refractivity contribution is -0.149. The molecule has 2 aromatic rings. The molecule has 1 amide bonds. The molecule has 114 valence electrons. The Morgan fingerprint density at radius 2 is 2.00 bits per heavy atom. The van der Waals surface area contributed by atoms with Crippen molar-refractivity contribution in [1.82, 2.24) is 15.1 Å². The number of hydrogen-bond donors (Lipinski definition) is 2. The van der Waals surface area contributed by atoms with Gasteiger partial charge in [0.15, 0.2) is 0 Å². The van der Waals surface area contributed by atoms with Gasteiger partial charge in [-0.2, -0.15) is 5.10 Å². The predicted molar refractivity (Wildman–Crippen MR) is 79.6 cm³/mol. The van der Waals surface area contributed by atoms with Crippen molar-refractivity contribution in [3.8, 4) is 5.69 Å². The van der Waals surface area contributed by atoms with E-state index >= 15 is 0 Å². The molecule has 1 aliphatic rings. The Balaban J connectivity index is 1.52. The van der Waals surface area contributed by atoms with Crippen LogP contribution in [0.1, 0.15) is 18.4 Å². The van der Waals surface area contributed by atoms with Crippen LogP contribution in [0.3, 0.4) is 0 Å². The van der Waals surface area contributed by atoms with Gasteiger partial charge in [-0.15, -0.1) is 0 Å². The van der Waals surface area contributed by atoms with Gasteiger partial charge in [-0.25, -0.2) is 4.68 Å². The van der Waals surface area contributed by atoms with Crippen molar-refractivity contribution in [1.29, 1.82) is 0 Å². The number of carboxylic acids is 1. The fraction of sp³-hybridized carbons (Fsp3) is 0.312. The molecule has 6 nitrogen and oxygen atoms in total. The summed E-state index contributed by atoms with van der Waals surface area (Å²) in [5, 5.41) is 15.9. The first-order valence-corrected chi connectivity index (χ1v) is 7.22. The Morgan fingerprint density at radius 3 is 2.55 bits per heavy atom. The van der Waals surface area contributed by atoms with Crippen LogP contribution in [-0.2, 0) is 16.0 Å². The number of carboxylic acid groups (broad SMARTS) is 1. The molecular formula is C16H17N3O3. The number of aromatic nitrogens is 2. The summed E-state index contributed by atoms with van der Waals surface area (Å²) in [6.45, 7) is 0.439. The van der Waals surface area contributed by atoms with Crippen molar-refractivity contribution in [2.45, 2.75) is 19.3 Å². The summed E-state index contributed by atoms with van der Waals surface area (Å²) in [5.74, 6) is -1.39. The van der Waals surface area contributed by atoms with Crippen molar-refractivity contribution in [3.63, 3.8) is 0 Å². The van der Waals surface area contributed by atoms with Crippen LogP contribution in [0.25, 0.3) is 5.69 Å². The average molecular weight is 299 g/mol. The lowest BCUT2D eigenvalue weighted by Crippen LogP contribution is -2.37. The predicted octanol–water partition coefficient (Wildman–Crippen LogP) is 1.40. The van der Waals surface area contributed by atoms with Crippen LogP contribution in [-0.4, -0.2) is 33.3 Å². The number of carbonyl (C=O) groups is 2. The maximum atomic E-state index is 11.9. The van der Waals surface area contributed by atoms with Gasteiger partial charge >= 0.3 is 5.97 Å². The van der Waals surface area contributed by atoms with Gasteiger partial charge in [0.25, 0.3) is 0 Å². The minimum atomic E-state index is -1.16. The number of aliphatic carboxylic acids is 1. The standard InChI is InChI=1S/C16H17N3O3/c20-14(16(7-8-16)15(21)22)17-10-6-12-2-4-13(5-3-12)19-11-1-9-18-19/h1-5,9,11H,6-8,10H2,(H,17,20)(H,21,22). The molecule has 1 heterocycles. The maximum absolute atomic E-state index is 11.9. The summed E-state index contributed by atoms with van der Waals surface area (Å²) in [4.78, 5) is 22.9. The van der Waals surface area contributed by atoms with Gasteiger partial charge < -0.3 is 10.4 Å². The largest absolute Gasteiger partial charge is 0.480 e. The summed E-state index contributed by atoms with van der Waals surface area (Å²) < 4.78 is 1.77. The van der Waals surface area contributed by atoms with Gasteiger partial charge in [-0.3, -0.25) is 9.59 Å². The lowest BCUT2D eigenvalue weighted by atomic mass is 10.1. The van der Waals surface area contributed by atoms with Gasteiger partial charge in [-0.1, -0.05) is 12.1 Å². The van der Waals surface area contributed by atoms with E-state index in [2.05, 4.69) is 10.4 Å². The van der Waals surface area contributed by atoms with Crippen molar-refractivity contribution >= 4 is 11.9 Å². The van der Waals surface area contributed by atoms with Crippen LogP contribution < -0.4 is 5.32 Å². The highest BCUT2D eigenvalue weighted by molar-refractivity contribution is 6.04. The molecule has 1 saturated carbocycles. The van der Waals surface area contributed by atoms with E-state index in [-0.39, 0.29) is 5.91 Å². The summed E-state index contributed by atoms with van der Waals surface area (Å²) in [6, 6.07) is 9.74. The van der Waals surface area contributed by atoms with E-state index in [9.17, 15) is 9.59 Å². The molecule has 6 heteroatoms. The molecule has 22 heavy (non-hydrogen) atoms. The first kappa shape index (κ1) is 14.3. The molecule has 1 aliphatic carbocycles. The summed E-state index contributed by atoms with van der Waals surface area (Å²) in [5.41, 5.74) is 0.890. The van der Waals surface area contributed by atoms with E-state index in [1.165, 1.54) is 0 Å². The molecule has 0 saturated heterocycles. The molecule has 3 rings (SSSR count). The zero-order valence-electron chi connectivity index (χ0n) is 12.0. The Hall–Kier alpha value is -2.63. The molecule has 0 unspecified atom stereocenters. The number of carbonyl (C=O) groups excluding carboxylic acids is 1. The second-order valence-electron chi connectivity index (χ2n) is 5.51. The second-order valence-corrected chi connectivity index (χ2v) is 5.51. The van der Waals surface area contributed by atoms with Crippen LogP contribution in [0.5, 0.6) is 0 Å². The fourth-order valence-electron chi connectivity index (χ4n) is 2.39. The highest BCUT2D eigenvalue weighted by Crippen LogP contribution is 2.45. The molecular weight excluding hydrogens is 282 g/mol. The lowest BCUT2D eigenvalue weighted by Gasteiger charge is -2.11. The molecule has 1 aromatic heterocycles. The topological polar surface area (TPSA) is 84.2 Å². The van der Waals surface area contributed by atoms with Crippen LogP contribution in [0.2, 0.25) is 0 Å². The highest BCUT2D eigenvalue weighted by Gasteiger charge is 2.56. The zero-order chi connectivity index (χ0) is 15.6. The smallest absolute Gasteiger partial charge is 0.319 e. The first-order chi connectivity index (χ1) is 10.6. The van der Waals surface area contributed by atoms with E-state index in [1.807, 2.05) is 36.5 Å². The van der Waals surface area contributed by atoms with Gasteiger partial charge in [0, 0.05) is 18.9 Å². The molecule has 0 radical (unpaired) electrons. The minimum Gasteiger partial charge on any atom is -0.480 e. The van der Waals surface area contributed by atoms with E-state index in [1.54, 1.807) is 10.9 Å². The molecule has 1 aromatic carbocycles. The quantitative estimate of drug-likeness (QED) is 0.790. The van der Waals surface area contributed by atoms with E-state index < -0.39 is 11.4 Å². The summed E-state index contributed by atoms with van der Waals surface area (Å²) >= 11 is 0. The van der Waals surface area contributed by atoms with Gasteiger partial charge in [0.2, 0.25) is 5.91 Å². The molecule has 1 fully saturated rings.